The molecule has 0 aliphatic rings. The van der Waals surface area contributed by atoms with E-state index < -0.39 is 0 Å². The van der Waals surface area contributed by atoms with Crippen LogP contribution in [-0.2, 0) is 0 Å². The van der Waals surface area contributed by atoms with Crippen molar-refractivity contribution in [3.63, 3.8) is 0 Å². The predicted molar refractivity (Wildman–Crippen MR) is 71.6 cm³/mol. The Morgan fingerprint density at radius 3 is 2.12 bits per heavy atom. The van der Waals surface area contributed by atoms with Crippen LogP contribution in [0.1, 0.15) is 5.56 Å². The second-order valence-electron chi connectivity index (χ2n) is 3.74. The standard InChI is InChI=1S/C13H8Cl3F/c1-7-2-3-12(17)9(4-7)8-5-10(14)13(16)11(15)6-8/h2-6H,1H3. The molecule has 0 heterocycles. The highest BCUT2D eigenvalue weighted by Crippen LogP contribution is 2.36. The van der Waals surface area contributed by atoms with Crippen LogP contribution in [0.25, 0.3) is 11.1 Å². The van der Waals surface area contributed by atoms with Gasteiger partial charge >= 0.3 is 0 Å². The van der Waals surface area contributed by atoms with Crippen molar-refractivity contribution in [2.75, 3.05) is 0 Å². The maximum atomic E-state index is 13.7. The van der Waals surface area contributed by atoms with E-state index in [1.807, 2.05) is 6.92 Å². The van der Waals surface area contributed by atoms with Crippen LogP contribution in [0, 0.1) is 12.7 Å². The van der Waals surface area contributed by atoms with Gasteiger partial charge in [-0.3, -0.25) is 0 Å². The summed E-state index contributed by atoms with van der Waals surface area (Å²) >= 11 is 17.7. The van der Waals surface area contributed by atoms with Crippen molar-refractivity contribution < 1.29 is 4.39 Å². The average molecular weight is 290 g/mol. The van der Waals surface area contributed by atoms with E-state index in [1.165, 1.54) is 6.07 Å². The second-order valence-corrected chi connectivity index (χ2v) is 4.93. The molecule has 0 saturated heterocycles. The summed E-state index contributed by atoms with van der Waals surface area (Å²) in [6, 6.07) is 8.07. The van der Waals surface area contributed by atoms with Crippen LogP contribution in [0.2, 0.25) is 15.1 Å². The molecule has 0 fully saturated rings. The van der Waals surface area contributed by atoms with Crippen LogP contribution in [-0.4, -0.2) is 0 Å². The van der Waals surface area contributed by atoms with Crippen LogP contribution < -0.4 is 0 Å². The monoisotopic (exact) mass is 288 g/mol. The fraction of sp³-hybridized carbons (Fsp3) is 0.0769. The zero-order valence-electron chi connectivity index (χ0n) is 8.90. The van der Waals surface area contributed by atoms with Crippen LogP contribution in [0.4, 0.5) is 4.39 Å². The average Bonchev–Trinajstić information content (AvgIpc) is 2.28. The molecule has 0 bridgehead atoms. The summed E-state index contributed by atoms with van der Waals surface area (Å²) in [6.45, 7) is 1.89. The summed E-state index contributed by atoms with van der Waals surface area (Å²) in [5, 5.41) is 0.912. The van der Waals surface area contributed by atoms with Gasteiger partial charge in [0.05, 0.1) is 15.1 Å². The lowest BCUT2D eigenvalue weighted by atomic mass is 10.0. The van der Waals surface area contributed by atoms with Crippen LogP contribution in [0.3, 0.4) is 0 Å². The molecule has 0 spiro atoms. The highest BCUT2D eigenvalue weighted by atomic mass is 35.5. The molecule has 0 aromatic heterocycles. The summed E-state index contributed by atoms with van der Waals surface area (Å²) in [5.41, 5.74) is 2.04. The number of aryl methyl sites for hydroxylation is 1. The lowest BCUT2D eigenvalue weighted by Gasteiger charge is -2.07. The quantitative estimate of drug-likeness (QED) is 0.585. The molecule has 0 saturated carbocycles. The fourth-order valence-electron chi connectivity index (χ4n) is 1.57. The largest absolute Gasteiger partial charge is 0.206 e. The molecule has 0 nitrogen and oxygen atoms in total. The minimum atomic E-state index is -0.315. The van der Waals surface area contributed by atoms with Gasteiger partial charge in [0.15, 0.2) is 0 Å². The van der Waals surface area contributed by atoms with Crippen molar-refractivity contribution in [1.29, 1.82) is 0 Å². The third-order valence-corrected chi connectivity index (χ3v) is 3.61. The van der Waals surface area contributed by atoms with Gasteiger partial charge in [0, 0.05) is 5.56 Å². The molecule has 0 aliphatic heterocycles. The van der Waals surface area contributed by atoms with E-state index >= 15 is 0 Å². The Kier molecular flexibility index (Phi) is 3.62. The van der Waals surface area contributed by atoms with E-state index in [-0.39, 0.29) is 10.8 Å². The zero-order chi connectivity index (χ0) is 12.6. The highest BCUT2D eigenvalue weighted by molar-refractivity contribution is 6.48. The molecule has 0 radical (unpaired) electrons. The van der Waals surface area contributed by atoms with E-state index in [2.05, 4.69) is 0 Å². The number of benzene rings is 2. The van der Waals surface area contributed by atoms with Crippen LogP contribution >= 0.6 is 34.8 Å². The molecule has 4 heteroatoms. The molecule has 2 aromatic rings. The first-order chi connectivity index (χ1) is 7.99. The molecule has 2 rings (SSSR count). The molecule has 0 aliphatic carbocycles. The number of halogens is 4. The first kappa shape index (κ1) is 12.7. The first-order valence-corrected chi connectivity index (χ1v) is 6.03. The van der Waals surface area contributed by atoms with Gasteiger partial charge in [-0.2, -0.15) is 0 Å². The van der Waals surface area contributed by atoms with Gasteiger partial charge in [-0.05, 0) is 36.8 Å². The van der Waals surface area contributed by atoms with Gasteiger partial charge in [0.1, 0.15) is 5.82 Å². The van der Waals surface area contributed by atoms with E-state index in [4.69, 9.17) is 34.8 Å². The number of hydrogen-bond acceptors (Lipinski definition) is 0. The maximum Gasteiger partial charge on any atom is 0.131 e. The Morgan fingerprint density at radius 1 is 0.941 bits per heavy atom. The molecular weight excluding hydrogens is 282 g/mol. The van der Waals surface area contributed by atoms with Gasteiger partial charge in [0.2, 0.25) is 0 Å². The summed E-state index contributed by atoms with van der Waals surface area (Å²) in [6.07, 6.45) is 0. The molecule has 0 unspecified atom stereocenters. The van der Waals surface area contributed by atoms with Crippen molar-refractivity contribution in [1.82, 2.24) is 0 Å². The maximum absolute atomic E-state index is 13.7. The Balaban J connectivity index is 2.64. The third-order valence-electron chi connectivity index (χ3n) is 2.42. The van der Waals surface area contributed by atoms with Crippen molar-refractivity contribution >= 4 is 34.8 Å². The first-order valence-electron chi connectivity index (χ1n) is 4.90. The topological polar surface area (TPSA) is 0 Å². The summed E-state index contributed by atoms with van der Waals surface area (Å²) in [5.74, 6) is -0.315. The summed E-state index contributed by atoms with van der Waals surface area (Å²) in [4.78, 5) is 0. The summed E-state index contributed by atoms with van der Waals surface area (Å²) < 4.78 is 13.7. The third kappa shape index (κ3) is 2.57. The molecule has 0 N–H and O–H groups in total. The van der Waals surface area contributed by atoms with Gasteiger partial charge in [-0.15, -0.1) is 0 Å². The number of rotatable bonds is 1. The van der Waals surface area contributed by atoms with Gasteiger partial charge < -0.3 is 0 Å². The van der Waals surface area contributed by atoms with Crippen molar-refractivity contribution in [2.24, 2.45) is 0 Å². The normalized spacial score (nSPS) is 10.6. The Morgan fingerprint density at radius 2 is 1.53 bits per heavy atom. The second kappa shape index (κ2) is 4.85. The predicted octanol–water partition coefficient (Wildman–Crippen LogP) is 5.76. The SMILES string of the molecule is Cc1ccc(F)c(-c2cc(Cl)c(Cl)c(Cl)c2)c1. The number of hydrogen-bond donors (Lipinski definition) is 0. The molecule has 17 heavy (non-hydrogen) atoms. The van der Waals surface area contributed by atoms with Crippen molar-refractivity contribution in [3.8, 4) is 11.1 Å². The molecular formula is C13H8Cl3F. The summed E-state index contributed by atoms with van der Waals surface area (Å²) in [7, 11) is 0. The van der Waals surface area contributed by atoms with Crippen molar-refractivity contribution in [3.05, 3.63) is 56.8 Å². The van der Waals surface area contributed by atoms with E-state index in [0.29, 0.717) is 21.2 Å². The van der Waals surface area contributed by atoms with Crippen LogP contribution in [0.5, 0.6) is 0 Å². The van der Waals surface area contributed by atoms with E-state index in [1.54, 1.807) is 24.3 Å². The molecule has 88 valence electrons. The lowest BCUT2D eigenvalue weighted by Crippen LogP contribution is -1.87. The molecule has 0 amide bonds. The van der Waals surface area contributed by atoms with E-state index in [9.17, 15) is 4.39 Å². The Labute approximate surface area is 114 Å². The Bertz CT molecular complexity index is 556. The minimum absolute atomic E-state index is 0.283. The van der Waals surface area contributed by atoms with Crippen LogP contribution in [0.15, 0.2) is 30.3 Å². The van der Waals surface area contributed by atoms with Crippen molar-refractivity contribution in [2.45, 2.75) is 6.92 Å². The molecule has 0 atom stereocenters. The van der Waals surface area contributed by atoms with Gasteiger partial charge in [0.25, 0.3) is 0 Å². The highest BCUT2D eigenvalue weighted by Gasteiger charge is 2.10. The van der Waals surface area contributed by atoms with Gasteiger partial charge in [-0.1, -0.05) is 46.4 Å². The zero-order valence-corrected chi connectivity index (χ0v) is 11.2. The minimum Gasteiger partial charge on any atom is -0.206 e. The van der Waals surface area contributed by atoms with E-state index in [0.717, 1.165) is 5.56 Å². The molecule has 2 aromatic carbocycles. The lowest BCUT2D eigenvalue weighted by molar-refractivity contribution is 0.631. The smallest absolute Gasteiger partial charge is 0.131 e. The van der Waals surface area contributed by atoms with Gasteiger partial charge in [-0.25, -0.2) is 4.39 Å². The Hall–Kier alpha value is -0.760. The fourth-order valence-corrected chi connectivity index (χ4v) is 2.17.